The van der Waals surface area contributed by atoms with Crippen molar-refractivity contribution in [2.24, 2.45) is 5.41 Å². The van der Waals surface area contributed by atoms with E-state index in [-0.39, 0.29) is 5.91 Å². The van der Waals surface area contributed by atoms with Gasteiger partial charge in [0.25, 0.3) is 0 Å². The van der Waals surface area contributed by atoms with E-state index in [2.05, 4.69) is 6.07 Å². The van der Waals surface area contributed by atoms with Gasteiger partial charge in [0.2, 0.25) is 5.91 Å². The zero-order valence-electron chi connectivity index (χ0n) is 9.27. The van der Waals surface area contributed by atoms with Gasteiger partial charge in [-0.3, -0.25) is 4.79 Å². The second-order valence-corrected chi connectivity index (χ2v) is 5.12. The van der Waals surface area contributed by atoms with Crippen LogP contribution in [0.1, 0.15) is 24.8 Å². The first-order valence-corrected chi connectivity index (χ1v) is 6.30. The highest BCUT2D eigenvalue weighted by atomic mass is 32.1. The SMILES string of the molecule is CN(Cc1ccsc1)C(=O)C1(C#N)CCC1. The monoisotopic (exact) mass is 234 g/mol. The largest absolute Gasteiger partial charge is 0.340 e. The smallest absolute Gasteiger partial charge is 0.243 e. The number of hydrogen-bond donors (Lipinski definition) is 0. The Kier molecular flexibility index (Phi) is 2.97. The van der Waals surface area contributed by atoms with Crippen LogP contribution in [0.15, 0.2) is 16.8 Å². The Morgan fingerprint density at radius 3 is 2.88 bits per heavy atom. The summed E-state index contributed by atoms with van der Waals surface area (Å²) < 4.78 is 0. The molecule has 1 aromatic rings. The predicted octanol–water partition coefficient (Wildman–Crippen LogP) is 2.40. The lowest BCUT2D eigenvalue weighted by atomic mass is 9.69. The molecule has 0 spiro atoms. The van der Waals surface area contributed by atoms with Gasteiger partial charge >= 0.3 is 0 Å². The molecule has 2 rings (SSSR count). The quantitative estimate of drug-likeness (QED) is 0.806. The fraction of sp³-hybridized carbons (Fsp3) is 0.500. The van der Waals surface area contributed by atoms with Crippen molar-refractivity contribution in [3.8, 4) is 6.07 Å². The fourth-order valence-corrected chi connectivity index (χ4v) is 2.66. The molecule has 0 aromatic carbocycles. The molecule has 4 heteroatoms. The summed E-state index contributed by atoms with van der Waals surface area (Å²) >= 11 is 1.62. The van der Waals surface area contributed by atoms with Crippen LogP contribution in [0.2, 0.25) is 0 Å². The van der Waals surface area contributed by atoms with Crippen LogP contribution in [-0.4, -0.2) is 17.9 Å². The Labute approximate surface area is 99.3 Å². The third-order valence-corrected chi connectivity index (χ3v) is 3.91. The number of rotatable bonds is 3. The Morgan fingerprint density at radius 1 is 1.69 bits per heavy atom. The number of hydrogen-bond acceptors (Lipinski definition) is 3. The zero-order valence-corrected chi connectivity index (χ0v) is 10.1. The standard InChI is InChI=1S/C12H14N2OS/c1-14(7-10-3-6-16-8-10)11(15)12(9-13)4-2-5-12/h3,6,8H,2,4-5,7H2,1H3. The van der Waals surface area contributed by atoms with E-state index in [1.165, 1.54) is 0 Å². The number of amides is 1. The molecule has 1 aromatic heterocycles. The van der Waals surface area contributed by atoms with Gasteiger partial charge in [-0.25, -0.2) is 0 Å². The first-order chi connectivity index (χ1) is 7.68. The number of carbonyl (C=O) groups excluding carboxylic acids is 1. The number of carbonyl (C=O) groups is 1. The maximum Gasteiger partial charge on any atom is 0.243 e. The minimum absolute atomic E-state index is 0.0209. The van der Waals surface area contributed by atoms with Crippen molar-refractivity contribution >= 4 is 17.2 Å². The van der Waals surface area contributed by atoms with Crippen LogP contribution in [0.3, 0.4) is 0 Å². The Bertz CT molecular complexity index is 415. The molecular formula is C12H14N2OS. The molecule has 1 heterocycles. The van der Waals surface area contributed by atoms with Crippen LogP contribution in [-0.2, 0) is 11.3 Å². The van der Waals surface area contributed by atoms with Crippen molar-refractivity contribution in [2.75, 3.05) is 7.05 Å². The molecule has 1 aliphatic carbocycles. The van der Waals surface area contributed by atoms with Crippen LogP contribution in [0.5, 0.6) is 0 Å². The van der Waals surface area contributed by atoms with Crippen LogP contribution >= 0.6 is 11.3 Å². The summed E-state index contributed by atoms with van der Waals surface area (Å²) in [6.45, 7) is 0.603. The molecule has 0 radical (unpaired) electrons. The van der Waals surface area contributed by atoms with Crippen molar-refractivity contribution in [2.45, 2.75) is 25.8 Å². The molecular weight excluding hydrogens is 220 g/mol. The molecule has 0 unspecified atom stereocenters. The minimum atomic E-state index is -0.717. The van der Waals surface area contributed by atoms with Gasteiger partial charge in [-0.15, -0.1) is 0 Å². The Balaban J connectivity index is 2.02. The van der Waals surface area contributed by atoms with Gasteiger partial charge in [0.05, 0.1) is 6.07 Å². The molecule has 0 N–H and O–H groups in total. The summed E-state index contributed by atoms with van der Waals surface area (Å²) in [5.74, 6) is -0.0209. The molecule has 1 amide bonds. The Morgan fingerprint density at radius 2 is 2.44 bits per heavy atom. The number of nitrogens with zero attached hydrogens (tertiary/aromatic N) is 2. The van der Waals surface area contributed by atoms with E-state index in [1.54, 1.807) is 23.3 Å². The van der Waals surface area contributed by atoms with Gasteiger partial charge in [0, 0.05) is 13.6 Å². The van der Waals surface area contributed by atoms with E-state index in [4.69, 9.17) is 5.26 Å². The van der Waals surface area contributed by atoms with Gasteiger partial charge in [-0.05, 0) is 41.7 Å². The van der Waals surface area contributed by atoms with E-state index in [1.807, 2.05) is 16.8 Å². The molecule has 0 bridgehead atoms. The first kappa shape index (κ1) is 11.2. The van der Waals surface area contributed by atoms with Gasteiger partial charge in [-0.1, -0.05) is 0 Å². The van der Waals surface area contributed by atoms with Crippen LogP contribution in [0, 0.1) is 16.7 Å². The lowest BCUT2D eigenvalue weighted by Crippen LogP contribution is -2.45. The Hall–Kier alpha value is -1.34. The van der Waals surface area contributed by atoms with Crippen LogP contribution in [0.4, 0.5) is 0 Å². The third kappa shape index (κ3) is 1.83. The first-order valence-electron chi connectivity index (χ1n) is 5.36. The minimum Gasteiger partial charge on any atom is -0.340 e. The summed E-state index contributed by atoms with van der Waals surface area (Å²) in [5.41, 5.74) is 0.415. The topological polar surface area (TPSA) is 44.1 Å². The summed E-state index contributed by atoms with van der Waals surface area (Å²) in [6.07, 6.45) is 2.43. The average Bonchev–Trinajstić information content (AvgIpc) is 2.69. The fourth-order valence-electron chi connectivity index (χ4n) is 2.00. The lowest BCUT2D eigenvalue weighted by Gasteiger charge is -2.36. The second-order valence-electron chi connectivity index (χ2n) is 4.34. The van der Waals surface area contributed by atoms with Crippen molar-refractivity contribution < 1.29 is 4.79 Å². The molecule has 3 nitrogen and oxygen atoms in total. The molecule has 0 aliphatic heterocycles. The van der Waals surface area contributed by atoms with Crippen LogP contribution in [0.25, 0.3) is 0 Å². The summed E-state index contributed by atoms with van der Waals surface area (Å²) in [5, 5.41) is 13.1. The molecule has 1 saturated carbocycles. The van der Waals surface area contributed by atoms with Gasteiger partial charge in [-0.2, -0.15) is 16.6 Å². The zero-order chi connectivity index (χ0) is 11.6. The van der Waals surface area contributed by atoms with Gasteiger partial charge in [0.1, 0.15) is 5.41 Å². The van der Waals surface area contributed by atoms with Crippen molar-refractivity contribution in [3.63, 3.8) is 0 Å². The summed E-state index contributed by atoms with van der Waals surface area (Å²) in [7, 11) is 1.78. The highest BCUT2D eigenvalue weighted by Crippen LogP contribution is 2.41. The van der Waals surface area contributed by atoms with E-state index in [9.17, 15) is 4.79 Å². The number of thiophene rings is 1. The second kappa shape index (κ2) is 4.26. The van der Waals surface area contributed by atoms with Crippen molar-refractivity contribution in [1.29, 1.82) is 5.26 Å². The average molecular weight is 234 g/mol. The maximum atomic E-state index is 12.1. The van der Waals surface area contributed by atoms with Crippen molar-refractivity contribution in [1.82, 2.24) is 4.90 Å². The summed E-state index contributed by atoms with van der Waals surface area (Å²) in [6, 6.07) is 4.19. The van der Waals surface area contributed by atoms with Gasteiger partial charge < -0.3 is 4.90 Å². The normalized spacial score (nSPS) is 17.2. The number of nitriles is 1. The van der Waals surface area contributed by atoms with Gasteiger partial charge in [0.15, 0.2) is 0 Å². The molecule has 0 atom stereocenters. The van der Waals surface area contributed by atoms with E-state index in [0.717, 1.165) is 24.8 Å². The van der Waals surface area contributed by atoms with Crippen molar-refractivity contribution in [3.05, 3.63) is 22.4 Å². The highest BCUT2D eigenvalue weighted by Gasteiger charge is 2.46. The highest BCUT2D eigenvalue weighted by molar-refractivity contribution is 7.07. The van der Waals surface area contributed by atoms with E-state index >= 15 is 0 Å². The lowest BCUT2D eigenvalue weighted by molar-refractivity contribution is -0.142. The molecule has 84 valence electrons. The molecule has 1 fully saturated rings. The molecule has 1 aliphatic rings. The van der Waals surface area contributed by atoms with Crippen LogP contribution < -0.4 is 0 Å². The summed E-state index contributed by atoms with van der Waals surface area (Å²) in [4.78, 5) is 13.8. The predicted molar refractivity (Wildman–Crippen MR) is 62.7 cm³/mol. The van der Waals surface area contributed by atoms with E-state index in [0.29, 0.717) is 6.54 Å². The molecule has 16 heavy (non-hydrogen) atoms. The third-order valence-electron chi connectivity index (χ3n) is 3.18. The maximum absolute atomic E-state index is 12.1. The molecule has 0 saturated heterocycles. The van der Waals surface area contributed by atoms with E-state index < -0.39 is 5.41 Å².